The molecule has 4 N–H and O–H groups in total. The standard InChI is InChI=1S/C10H20N4/c11-10(12)14-6-5-13-7-9(14)8-3-1-2-4-8/h8-9,13H,1-7H2,(H3,11,12). The topological polar surface area (TPSA) is 65.1 Å². The van der Waals surface area contributed by atoms with Gasteiger partial charge in [0.25, 0.3) is 0 Å². The van der Waals surface area contributed by atoms with E-state index in [0.717, 1.165) is 25.6 Å². The second-order valence-electron chi connectivity index (χ2n) is 4.39. The van der Waals surface area contributed by atoms with Gasteiger partial charge in [-0.1, -0.05) is 12.8 Å². The Morgan fingerprint density at radius 2 is 2.07 bits per heavy atom. The highest BCUT2D eigenvalue weighted by molar-refractivity contribution is 5.75. The van der Waals surface area contributed by atoms with Gasteiger partial charge in [-0.15, -0.1) is 0 Å². The molecule has 0 radical (unpaired) electrons. The van der Waals surface area contributed by atoms with Gasteiger partial charge in [-0.3, -0.25) is 5.41 Å². The van der Waals surface area contributed by atoms with Crippen molar-refractivity contribution >= 4 is 5.96 Å². The highest BCUT2D eigenvalue weighted by Gasteiger charge is 2.32. The quantitative estimate of drug-likeness (QED) is 0.418. The van der Waals surface area contributed by atoms with Crippen LogP contribution in [-0.2, 0) is 0 Å². The number of piperazine rings is 1. The van der Waals surface area contributed by atoms with Gasteiger partial charge in [-0.05, 0) is 18.8 Å². The van der Waals surface area contributed by atoms with Crippen molar-refractivity contribution in [1.29, 1.82) is 5.41 Å². The molecular formula is C10H20N4. The second kappa shape index (κ2) is 4.17. The van der Waals surface area contributed by atoms with E-state index in [1.807, 2.05) is 0 Å². The molecule has 1 aliphatic carbocycles. The van der Waals surface area contributed by atoms with Crippen molar-refractivity contribution in [1.82, 2.24) is 10.2 Å². The first kappa shape index (κ1) is 9.77. The SMILES string of the molecule is N=C(N)N1CCNCC1C1CCCC1. The maximum absolute atomic E-state index is 7.56. The number of hydrogen-bond acceptors (Lipinski definition) is 2. The average Bonchev–Trinajstić information content (AvgIpc) is 2.70. The van der Waals surface area contributed by atoms with Crippen LogP contribution in [0.3, 0.4) is 0 Å². The highest BCUT2D eigenvalue weighted by Crippen LogP contribution is 2.30. The van der Waals surface area contributed by atoms with Crippen LogP contribution in [0.4, 0.5) is 0 Å². The summed E-state index contributed by atoms with van der Waals surface area (Å²) in [4.78, 5) is 2.08. The lowest BCUT2D eigenvalue weighted by molar-refractivity contribution is 0.187. The van der Waals surface area contributed by atoms with Gasteiger partial charge >= 0.3 is 0 Å². The Kier molecular flexibility index (Phi) is 2.91. The van der Waals surface area contributed by atoms with Crippen molar-refractivity contribution in [2.75, 3.05) is 19.6 Å². The fraction of sp³-hybridized carbons (Fsp3) is 0.900. The van der Waals surface area contributed by atoms with Crippen molar-refractivity contribution in [2.45, 2.75) is 31.7 Å². The van der Waals surface area contributed by atoms with Gasteiger partial charge in [-0.25, -0.2) is 0 Å². The van der Waals surface area contributed by atoms with E-state index in [-0.39, 0.29) is 5.96 Å². The van der Waals surface area contributed by atoms with Gasteiger partial charge in [0, 0.05) is 25.7 Å². The molecular weight excluding hydrogens is 176 g/mol. The molecule has 1 atom stereocenters. The Morgan fingerprint density at radius 1 is 1.36 bits per heavy atom. The Morgan fingerprint density at radius 3 is 2.71 bits per heavy atom. The van der Waals surface area contributed by atoms with Crippen molar-refractivity contribution in [3.63, 3.8) is 0 Å². The van der Waals surface area contributed by atoms with E-state index < -0.39 is 0 Å². The molecule has 2 fully saturated rings. The van der Waals surface area contributed by atoms with Crippen molar-refractivity contribution < 1.29 is 0 Å². The smallest absolute Gasteiger partial charge is 0.188 e. The lowest BCUT2D eigenvalue weighted by Crippen LogP contribution is -2.57. The van der Waals surface area contributed by atoms with Crippen LogP contribution in [0.25, 0.3) is 0 Å². The van der Waals surface area contributed by atoms with Crippen LogP contribution < -0.4 is 11.1 Å². The average molecular weight is 196 g/mol. The normalized spacial score (nSPS) is 29.4. The molecule has 1 unspecified atom stereocenters. The third kappa shape index (κ3) is 1.85. The first-order valence-corrected chi connectivity index (χ1v) is 5.60. The molecule has 0 aromatic carbocycles. The van der Waals surface area contributed by atoms with E-state index in [1.165, 1.54) is 25.7 Å². The molecule has 4 heteroatoms. The minimum atomic E-state index is 0.253. The molecule has 1 heterocycles. The van der Waals surface area contributed by atoms with E-state index in [4.69, 9.17) is 11.1 Å². The van der Waals surface area contributed by atoms with E-state index in [1.54, 1.807) is 0 Å². The lowest BCUT2D eigenvalue weighted by atomic mass is 9.95. The zero-order valence-electron chi connectivity index (χ0n) is 8.63. The monoisotopic (exact) mass is 196 g/mol. The second-order valence-corrected chi connectivity index (χ2v) is 4.39. The molecule has 2 rings (SSSR count). The summed E-state index contributed by atoms with van der Waals surface area (Å²) in [5.41, 5.74) is 5.61. The number of hydrogen-bond donors (Lipinski definition) is 3. The van der Waals surface area contributed by atoms with Gasteiger partial charge < -0.3 is 16.0 Å². The molecule has 14 heavy (non-hydrogen) atoms. The first-order valence-electron chi connectivity index (χ1n) is 5.60. The van der Waals surface area contributed by atoms with E-state index in [0.29, 0.717) is 6.04 Å². The molecule has 1 saturated carbocycles. The lowest BCUT2D eigenvalue weighted by Gasteiger charge is -2.39. The molecule has 0 aromatic heterocycles. The molecule has 0 bridgehead atoms. The predicted octanol–water partition coefficient (Wildman–Crippen LogP) is 0.344. The summed E-state index contributed by atoms with van der Waals surface area (Å²) in [6.07, 6.45) is 5.34. The minimum absolute atomic E-state index is 0.253. The first-order chi connectivity index (χ1) is 6.79. The molecule has 0 spiro atoms. The van der Waals surface area contributed by atoms with Crippen LogP contribution in [-0.4, -0.2) is 36.5 Å². The number of nitrogens with zero attached hydrogens (tertiary/aromatic N) is 1. The number of guanidine groups is 1. The summed E-state index contributed by atoms with van der Waals surface area (Å²) in [6, 6.07) is 0.476. The Bertz CT molecular complexity index is 210. The third-order valence-corrected chi connectivity index (χ3v) is 3.54. The maximum atomic E-state index is 7.56. The summed E-state index contributed by atoms with van der Waals surface area (Å²) >= 11 is 0. The summed E-state index contributed by atoms with van der Waals surface area (Å²) in [5, 5.41) is 11.0. The Balaban J connectivity index is 2.01. The van der Waals surface area contributed by atoms with E-state index in [2.05, 4.69) is 10.2 Å². The summed E-state index contributed by atoms with van der Waals surface area (Å²) in [6.45, 7) is 2.86. The largest absolute Gasteiger partial charge is 0.370 e. The van der Waals surface area contributed by atoms with Crippen LogP contribution in [0.2, 0.25) is 0 Å². The third-order valence-electron chi connectivity index (χ3n) is 3.54. The summed E-state index contributed by atoms with van der Waals surface area (Å²) in [7, 11) is 0. The van der Waals surface area contributed by atoms with Crippen LogP contribution in [0, 0.1) is 11.3 Å². The van der Waals surface area contributed by atoms with Crippen molar-refractivity contribution in [3.05, 3.63) is 0 Å². The number of nitrogens with one attached hydrogen (secondary N) is 2. The molecule has 0 amide bonds. The predicted molar refractivity (Wildman–Crippen MR) is 57.2 cm³/mol. The van der Waals surface area contributed by atoms with Crippen LogP contribution in [0.1, 0.15) is 25.7 Å². The highest BCUT2D eigenvalue weighted by atomic mass is 15.3. The van der Waals surface area contributed by atoms with Crippen molar-refractivity contribution in [2.24, 2.45) is 11.7 Å². The fourth-order valence-electron chi connectivity index (χ4n) is 2.79. The molecule has 1 aliphatic heterocycles. The molecule has 1 saturated heterocycles. The number of rotatable bonds is 1. The van der Waals surface area contributed by atoms with Crippen LogP contribution >= 0.6 is 0 Å². The van der Waals surface area contributed by atoms with Gasteiger partial charge in [0.2, 0.25) is 0 Å². The Hall–Kier alpha value is -0.770. The summed E-state index contributed by atoms with van der Waals surface area (Å²) < 4.78 is 0. The molecule has 4 nitrogen and oxygen atoms in total. The molecule has 0 aromatic rings. The zero-order chi connectivity index (χ0) is 9.97. The van der Waals surface area contributed by atoms with Gasteiger partial charge in [0.15, 0.2) is 5.96 Å². The van der Waals surface area contributed by atoms with Gasteiger partial charge in [0.1, 0.15) is 0 Å². The zero-order valence-corrected chi connectivity index (χ0v) is 8.63. The van der Waals surface area contributed by atoms with E-state index in [9.17, 15) is 0 Å². The van der Waals surface area contributed by atoms with Crippen LogP contribution in [0.15, 0.2) is 0 Å². The molecule has 80 valence electrons. The fourth-order valence-corrected chi connectivity index (χ4v) is 2.79. The summed E-state index contributed by atoms with van der Waals surface area (Å²) in [5.74, 6) is 1.01. The van der Waals surface area contributed by atoms with Crippen molar-refractivity contribution in [3.8, 4) is 0 Å². The van der Waals surface area contributed by atoms with Crippen LogP contribution in [0.5, 0.6) is 0 Å². The molecule has 2 aliphatic rings. The van der Waals surface area contributed by atoms with Gasteiger partial charge in [0.05, 0.1) is 0 Å². The Labute approximate surface area is 85.3 Å². The van der Waals surface area contributed by atoms with E-state index >= 15 is 0 Å². The van der Waals surface area contributed by atoms with Gasteiger partial charge in [-0.2, -0.15) is 0 Å². The number of nitrogens with two attached hydrogens (primary N) is 1. The minimum Gasteiger partial charge on any atom is -0.370 e. The maximum Gasteiger partial charge on any atom is 0.188 e.